The van der Waals surface area contributed by atoms with Crippen LogP contribution in [0.2, 0.25) is 0 Å². The van der Waals surface area contributed by atoms with E-state index in [-0.39, 0.29) is 5.82 Å². The normalized spacial score (nSPS) is 22.5. The van der Waals surface area contributed by atoms with Gasteiger partial charge in [0.25, 0.3) is 0 Å². The standard InChI is InChI=1S/C17H27FN4/c1-13-6-8-14(9-7-13)12-22(3)17(19-2)21-11-16-15(18)5-4-10-20-16/h4-5,10,13-14H,6-9,11-12H2,1-3H3,(H,19,21). The van der Waals surface area contributed by atoms with E-state index in [4.69, 9.17) is 0 Å². The highest BCUT2D eigenvalue weighted by atomic mass is 19.1. The van der Waals surface area contributed by atoms with E-state index in [1.54, 1.807) is 19.3 Å². The van der Waals surface area contributed by atoms with Gasteiger partial charge < -0.3 is 10.2 Å². The van der Waals surface area contributed by atoms with Crippen molar-refractivity contribution in [1.82, 2.24) is 15.2 Å². The van der Waals surface area contributed by atoms with Crippen LogP contribution in [0.3, 0.4) is 0 Å². The zero-order valence-corrected chi connectivity index (χ0v) is 13.8. The van der Waals surface area contributed by atoms with Crippen LogP contribution >= 0.6 is 0 Å². The van der Waals surface area contributed by atoms with E-state index >= 15 is 0 Å². The molecule has 122 valence electrons. The van der Waals surface area contributed by atoms with Gasteiger partial charge in [-0.1, -0.05) is 19.8 Å². The molecule has 0 amide bonds. The van der Waals surface area contributed by atoms with Crippen molar-refractivity contribution in [3.8, 4) is 0 Å². The molecule has 4 nitrogen and oxygen atoms in total. The lowest BCUT2D eigenvalue weighted by atomic mass is 9.83. The Labute approximate surface area is 132 Å². The van der Waals surface area contributed by atoms with E-state index in [2.05, 4.69) is 27.1 Å². The Balaban J connectivity index is 1.84. The molecule has 0 saturated heterocycles. The summed E-state index contributed by atoms with van der Waals surface area (Å²) in [4.78, 5) is 10.5. The molecule has 1 aromatic heterocycles. The minimum Gasteiger partial charge on any atom is -0.350 e. The summed E-state index contributed by atoms with van der Waals surface area (Å²) >= 11 is 0. The Morgan fingerprint density at radius 2 is 2.14 bits per heavy atom. The smallest absolute Gasteiger partial charge is 0.193 e. The Kier molecular flexibility index (Phi) is 6.16. The third-order valence-electron chi connectivity index (χ3n) is 4.49. The Bertz CT molecular complexity index is 495. The van der Waals surface area contributed by atoms with Gasteiger partial charge in [0.05, 0.1) is 12.2 Å². The molecule has 0 bridgehead atoms. The minimum atomic E-state index is -0.283. The monoisotopic (exact) mass is 306 g/mol. The topological polar surface area (TPSA) is 40.5 Å². The van der Waals surface area contributed by atoms with Gasteiger partial charge >= 0.3 is 0 Å². The maximum absolute atomic E-state index is 13.6. The van der Waals surface area contributed by atoms with Crippen molar-refractivity contribution in [2.45, 2.75) is 39.2 Å². The summed E-state index contributed by atoms with van der Waals surface area (Å²) in [7, 11) is 3.80. The van der Waals surface area contributed by atoms with Crippen LogP contribution in [0.25, 0.3) is 0 Å². The molecule has 1 saturated carbocycles. The van der Waals surface area contributed by atoms with Gasteiger partial charge in [0, 0.05) is 26.8 Å². The van der Waals surface area contributed by atoms with E-state index in [0.717, 1.165) is 24.3 Å². The van der Waals surface area contributed by atoms with Gasteiger partial charge in [0.15, 0.2) is 5.96 Å². The van der Waals surface area contributed by atoms with Crippen LogP contribution in [0.15, 0.2) is 23.3 Å². The molecule has 5 heteroatoms. The van der Waals surface area contributed by atoms with E-state index < -0.39 is 0 Å². The Morgan fingerprint density at radius 3 is 2.77 bits per heavy atom. The van der Waals surface area contributed by atoms with E-state index in [0.29, 0.717) is 12.2 Å². The molecule has 1 N–H and O–H groups in total. The zero-order chi connectivity index (χ0) is 15.9. The predicted molar refractivity (Wildman–Crippen MR) is 88.1 cm³/mol. The average Bonchev–Trinajstić information content (AvgIpc) is 2.52. The first-order valence-electron chi connectivity index (χ1n) is 8.11. The number of aromatic nitrogens is 1. The highest BCUT2D eigenvalue weighted by Crippen LogP contribution is 2.28. The first-order chi connectivity index (χ1) is 10.6. The summed E-state index contributed by atoms with van der Waals surface area (Å²) < 4.78 is 13.6. The molecular formula is C17H27FN4. The number of nitrogens with one attached hydrogen (secondary N) is 1. The fraction of sp³-hybridized carbons (Fsp3) is 0.647. The highest BCUT2D eigenvalue weighted by molar-refractivity contribution is 5.79. The van der Waals surface area contributed by atoms with E-state index in [9.17, 15) is 4.39 Å². The first-order valence-corrected chi connectivity index (χ1v) is 8.11. The lowest BCUT2D eigenvalue weighted by Crippen LogP contribution is -2.41. The average molecular weight is 306 g/mol. The van der Waals surface area contributed by atoms with Crippen molar-refractivity contribution in [3.05, 3.63) is 29.8 Å². The molecule has 1 aromatic rings. The zero-order valence-electron chi connectivity index (χ0n) is 13.8. The van der Waals surface area contributed by atoms with Gasteiger partial charge in [-0.2, -0.15) is 0 Å². The largest absolute Gasteiger partial charge is 0.350 e. The molecule has 0 radical (unpaired) electrons. The molecular weight excluding hydrogens is 279 g/mol. The molecule has 1 heterocycles. The molecule has 0 aliphatic heterocycles. The van der Waals surface area contributed by atoms with E-state index in [1.807, 2.05) is 7.05 Å². The lowest BCUT2D eigenvalue weighted by Gasteiger charge is -2.31. The van der Waals surface area contributed by atoms with Crippen LogP contribution in [-0.2, 0) is 6.54 Å². The fourth-order valence-corrected chi connectivity index (χ4v) is 3.08. The maximum atomic E-state index is 13.6. The fourth-order valence-electron chi connectivity index (χ4n) is 3.08. The summed E-state index contributed by atoms with van der Waals surface area (Å²) in [6.45, 7) is 3.68. The number of halogens is 1. The predicted octanol–water partition coefficient (Wildman–Crippen LogP) is 3.05. The van der Waals surface area contributed by atoms with Crippen molar-refractivity contribution < 1.29 is 4.39 Å². The molecule has 2 rings (SSSR count). The number of aliphatic imine (C=N–C) groups is 1. The molecule has 1 aliphatic rings. The summed E-state index contributed by atoms with van der Waals surface area (Å²) in [5.74, 6) is 2.11. The number of hydrogen-bond acceptors (Lipinski definition) is 2. The summed E-state index contributed by atoms with van der Waals surface area (Å²) in [6, 6.07) is 3.03. The van der Waals surface area contributed by atoms with Gasteiger partial charge in [-0.15, -0.1) is 0 Å². The molecule has 0 unspecified atom stereocenters. The van der Waals surface area contributed by atoms with Crippen molar-refractivity contribution >= 4 is 5.96 Å². The third kappa shape index (κ3) is 4.68. The van der Waals surface area contributed by atoms with Crippen molar-refractivity contribution in [1.29, 1.82) is 0 Å². The van der Waals surface area contributed by atoms with Crippen LogP contribution in [0.1, 0.15) is 38.3 Å². The highest BCUT2D eigenvalue weighted by Gasteiger charge is 2.20. The maximum Gasteiger partial charge on any atom is 0.193 e. The molecule has 22 heavy (non-hydrogen) atoms. The second-order valence-electron chi connectivity index (χ2n) is 6.34. The number of rotatable bonds is 4. The number of pyridine rings is 1. The van der Waals surface area contributed by atoms with Gasteiger partial charge in [-0.3, -0.25) is 9.98 Å². The minimum absolute atomic E-state index is 0.283. The van der Waals surface area contributed by atoms with Crippen molar-refractivity contribution in [3.63, 3.8) is 0 Å². The SMILES string of the molecule is CN=C(NCc1ncccc1F)N(C)CC1CCC(C)CC1. The molecule has 0 aromatic carbocycles. The number of hydrogen-bond donors (Lipinski definition) is 1. The van der Waals surface area contributed by atoms with Crippen LogP contribution in [-0.4, -0.2) is 36.5 Å². The summed E-state index contributed by atoms with van der Waals surface area (Å²) in [6.07, 6.45) is 6.83. The second kappa shape index (κ2) is 8.11. The van der Waals surface area contributed by atoms with Gasteiger partial charge in [-0.25, -0.2) is 4.39 Å². The number of nitrogens with zero attached hydrogens (tertiary/aromatic N) is 3. The van der Waals surface area contributed by atoms with E-state index in [1.165, 1.54) is 31.7 Å². The summed E-state index contributed by atoms with van der Waals surface area (Å²) in [5.41, 5.74) is 0.420. The quantitative estimate of drug-likeness (QED) is 0.686. The van der Waals surface area contributed by atoms with Gasteiger partial charge in [0.2, 0.25) is 0 Å². The van der Waals surface area contributed by atoms with Crippen molar-refractivity contribution in [2.75, 3.05) is 20.6 Å². The number of guanidine groups is 1. The Morgan fingerprint density at radius 1 is 1.41 bits per heavy atom. The van der Waals surface area contributed by atoms with Gasteiger partial charge in [-0.05, 0) is 36.8 Å². The van der Waals surface area contributed by atoms with Crippen LogP contribution in [0.4, 0.5) is 4.39 Å². The second-order valence-corrected chi connectivity index (χ2v) is 6.34. The first kappa shape index (κ1) is 16.7. The molecule has 0 spiro atoms. The summed E-state index contributed by atoms with van der Waals surface area (Å²) in [5, 5.41) is 3.20. The third-order valence-corrected chi connectivity index (χ3v) is 4.49. The lowest BCUT2D eigenvalue weighted by molar-refractivity contribution is 0.250. The molecule has 0 atom stereocenters. The Hall–Kier alpha value is -1.65. The van der Waals surface area contributed by atoms with Gasteiger partial charge in [0.1, 0.15) is 5.82 Å². The van der Waals surface area contributed by atoms with Crippen LogP contribution in [0, 0.1) is 17.7 Å². The van der Waals surface area contributed by atoms with Crippen molar-refractivity contribution in [2.24, 2.45) is 16.8 Å². The van der Waals surface area contributed by atoms with Crippen LogP contribution < -0.4 is 5.32 Å². The molecule has 1 aliphatic carbocycles. The van der Waals surface area contributed by atoms with Crippen LogP contribution in [0.5, 0.6) is 0 Å². The molecule has 1 fully saturated rings.